The minimum atomic E-state index is 0.0721. The van der Waals surface area contributed by atoms with Crippen LogP contribution in [0.5, 0.6) is 0 Å². The second-order valence-corrected chi connectivity index (χ2v) is 21.8. The summed E-state index contributed by atoms with van der Waals surface area (Å²) in [7, 11) is 0. The van der Waals surface area contributed by atoms with Crippen LogP contribution in [0.15, 0.2) is 127 Å². The first-order valence-corrected chi connectivity index (χ1v) is 24.2. The van der Waals surface area contributed by atoms with Gasteiger partial charge in [0.25, 0.3) is 0 Å². The Bertz CT molecular complexity index is 3520. The number of benzene rings is 9. The van der Waals surface area contributed by atoms with Gasteiger partial charge in [0.05, 0.1) is 0 Å². The van der Waals surface area contributed by atoms with Crippen LogP contribution in [0.3, 0.4) is 0 Å². The molecule has 0 N–H and O–H groups in total. The van der Waals surface area contributed by atoms with Crippen molar-refractivity contribution in [1.29, 1.82) is 0 Å². The summed E-state index contributed by atoms with van der Waals surface area (Å²) >= 11 is 0. The Morgan fingerprint density at radius 2 is 0.606 bits per heavy atom. The highest BCUT2D eigenvalue weighted by Crippen LogP contribution is 2.56. The van der Waals surface area contributed by atoms with E-state index in [1.54, 1.807) is 0 Å². The zero-order valence-electron chi connectivity index (χ0n) is 42.1. The van der Waals surface area contributed by atoms with E-state index in [4.69, 9.17) is 0 Å². The third kappa shape index (κ3) is 6.31. The van der Waals surface area contributed by atoms with Crippen molar-refractivity contribution < 1.29 is 0 Å². The van der Waals surface area contributed by atoms with Gasteiger partial charge < -0.3 is 0 Å². The Balaban J connectivity index is 0.000000116. The Morgan fingerprint density at radius 3 is 1.11 bits per heavy atom. The first-order valence-electron chi connectivity index (χ1n) is 24.2. The molecule has 0 nitrogen and oxygen atoms in total. The Kier molecular flexibility index (Phi) is 10.0. The van der Waals surface area contributed by atoms with Crippen molar-refractivity contribution in [1.82, 2.24) is 0 Å². The van der Waals surface area contributed by atoms with E-state index in [2.05, 4.69) is 231 Å². The Hall–Kier alpha value is -6.24. The molecule has 0 radical (unpaired) electrons. The fraction of sp³-hybridized carbons (Fsp3) is 0.273. The molecule has 9 aromatic rings. The lowest BCUT2D eigenvalue weighted by Gasteiger charge is -2.23. The third-order valence-corrected chi connectivity index (χ3v) is 16.6. The molecule has 0 fully saturated rings. The Labute approximate surface area is 394 Å². The zero-order valence-corrected chi connectivity index (χ0v) is 42.1. The zero-order chi connectivity index (χ0) is 46.9. The molecule has 3 aliphatic rings. The van der Waals surface area contributed by atoms with Gasteiger partial charge >= 0.3 is 0 Å². The lowest BCUT2D eigenvalue weighted by molar-refractivity contribution is 0.659. The number of hydrogen-bond acceptors (Lipinski definition) is 0. The number of rotatable bonds is 0. The molecular formula is C66H66. The summed E-state index contributed by atoms with van der Waals surface area (Å²) in [6, 6.07) is 47.8. The summed E-state index contributed by atoms with van der Waals surface area (Å²) in [5, 5.41) is 8.33. The van der Waals surface area contributed by atoms with E-state index in [1.807, 2.05) is 0 Å². The predicted molar refractivity (Wildman–Crippen MR) is 287 cm³/mol. The van der Waals surface area contributed by atoms with Crippen molar-refractivity contribution in [2.24, 2.45) is 0 Å². The van der Waals surface area contributed by atoms with Gasteiger partial charge in [-0.25, -0.2) is 0 Å². The second-order valence-electron chi connectivity index (χ2n) is 21.8. The van der Waals surface area contributed by atoms with E-state index in [-0.39, 0.29) is 16.2 Å². The Morgan fingerprint density at radius 1 is 0.258 bits per heavy atom. The smallest absolute Gasteiger partial charge is 0.0159 e. The highest BCUT2D eigenvalue weighted by molar-refractivity contribution is 6.06. The van der Waals surface area contributed by atoms with Gasteiger partial charge in [-0.3, -0.25) is 0 Å². The van der Waals surface area contributed by atoms with Crippen molar-refractivity contribution >= 4 is 32.3 Å². The number of hydrogen-bond donors (Lipinski definition) is 0. The molecule has 9 aromatic carbocycles. The van der Waals surface area contributed by atoms with Gasteiger partial charge in [0.1, 0.15) is 0 Å². The molecular weight excluding hydrogens is 793 g/mol. The maximum absolute atomic E-state index is 2.42. The van der Waals surface area contributed by atoms with E-state index in [1.165, 1.54) is 149 Å². The summed E-state index contributed by atoms with van der Waals surface area (Å²) < 4.78 is 0. The van der Waals surface area contributed by atoms with Crippen molar-refractivity contribution in [3.8, 4) is 33.4 Å². The predicted octanol–water partition coefficient (Wildman–Crippen LogP) is 18.2. The fourth-order valence-electron chi connectivity index (χ4n) is 12.3. The molecule has 0 aromatic heterocycles. The number of aryl methyl sites for hydroxylation is 7. The van der Waals surface area contributed by atoms with Gasteiger partial charge in [0.15, 0.2) is 0 Å². The summed E-state index contributed by atoms with van der Waals surface area (Å²) in [4.78, 5) is 0. The fourth-order valence-corrected chi connectivity index (χ4v) is 12.3. The molecule has 330 valence electrons. The largest absolute Gasteiger partial charge is 0.0616 e. The first kappa shape index (κ1) is 43.6. The molecule has 12 rings (SSSR count). The summed E-state index contributed by atoms with van der Waals surface area (Å²) in [5.74, 6) is 0. The lowest BCUT2D eigenvalue weighted by Crippen LogP contribution is -2.15. The minimum Gasteiger partial charge on any atom is -0.0616 e. The molecule has 0 amide bonds. The monoisotopic (exact) mass is 859 g/mol. The van der Waals surface area contributed by atoms with E-state index >= 15 is 0 Å². The number of fused-ring (bicyclic) bond motifs is 15. The first-order chi connectivity index (χ1) is 31.2. The maximum atomic E-state index is 2.42. The topological polar surface area (TPSA) is 0 Å². The van der Waals surface area contributed by atoms with Crippen LogP contribution in [0, 0.1) is 62.3 Å². The van der Waals surface area contributed by atoms with Crippen molar-refractivity contribution in [3.63, 3.8) is 0 Å². The van der Waals surface area contributed by atoms with E-state index < -0.39 is 0 Å². The van der Waals surface area contributed by atoms with Gasteiger partial charge in [-0.15, -0.1) is 0 Å². The van der Waals surface area contributed by atoms with E-state index in [0.29, 0.717) is 0 Å². The second kappa shape index (κ2) is 15.1. The highest BCUT2D eigenvalue weighted by Gasteiger charge is 2.40. The molecule has 66 heavy (non-hydrogen) atoms. The summed E-state index contributed by atoms with van der Waals surface area (Å²) in [6.07, 6.45) is 0. The van der Waals surface area contributed by atoms with Crippen LogP contribution in [0.1, 0.15) is 125 Å². The van der Waals surface area contributed by atoms with Crippen LogP contribution >= 0.6 is 0 Å². The van der Waals surface area contributed by atoms with Gasteiger partial charge in [-0.1, -0.05) is 174 Å². The molecule has 0 spiro atoms. The van der Waals surface area contributed by atoms with E-state index in [0.717, 1.165) is 0 Å². The van der Waals surface area contributed by atoms with Crippen LogP contribution in [-0.4, -0.2) is 0 Å². The molecule has 0 saturated heterocycles. The molecule has 0 heteroatoms. The standard InChI is InChI=1S/C23H24.C22H22.C21H20/c1-13-11-19-21(16(4)15(13)3)22-18-10-8-7-9-17(18)14(2)12-20(22)23(19,5)6;1-13-10-18-19(11-14(13)2)22(4,5)20-12-15(3)16-8-6-7-9-17(16)21(18)20;1-13-9-10-17-18(11-13)21(3,4)19-12-14(2)15-7-5-6-8-16(15)20(17)19/h7-12H,1-6H3;6-12H,1-5H3;5-12H,1-4H3. The van der Waals surface area contributed by atoms with E-state index in [9.17, 15) is 0 Å². The average Bonchev–Trinajstić information content (AvgIpc) is 3.75. The van der Waals surface area contributed by atoms with Crippen LogP contribution in [-0.2, 0) is 16.2 Å². The van der Waals surface area contributed by atoms with Crippen molar-refractivity contribution in [2.75, 3.05) is 0 Å². The molecule has 3 aliphatic carbocycles. The normalized spacial score (nSPS) is 15.0. The quantitative estimate of drug-likeness (QED) is 0.143. The molecule has 0 bridgehead atoms. The van der Waals surface area contributed by atoms with Gasteiger partial charge in [0.2, 0.25) is 0 Å². The SMILES string of the molecule is Cc1cc2c(c(C)c1C)-c1c(cc(C)c3ccccc13)C2(C)C.Cc1cc2c(cc1C)C(C)(C)c1cc(C)c3ccccc3c1-2.Cc1ccc2c(c1)C(C)(C)c1cc(C)c3ccccc3c1-2. The third-order valence-electron chi connectivity index (χ3n) is 16.6. The van der Waals surface area contributed by atoms with Crippen molar-refractivity contribution in [3.05, 3.63) is 211 Å². The van der Waals surface area contributed by atoms with Crippen molar-refractivity contribution in [2.45, 2.75) is 120 Å². The lowest BCUT2D eigenvalue weighted by atomic mass is 9.80. The summed E-state index contributed by atoms with van der Waals surface area (Å²) in [6.45, 7) is 34.3. The molecule has 0 aliphatic heterocycles. The average molecular weight is 859 g/mol. The maximum Gasteiger partial charge on any atom is 0.0159 e. The molecule has 0 heterocycles. The molecule has 0 atom stereocenters. The summed E-state index contributed by atoms with van der Waals surface area (Å²) in [5.41, 5.74) is 30.3. The minimum absolute atomic E-state index is 0.0721. The van der Waals surface area contributed by atoms with Gasteiger partial charge in [0, 0.05) is 16.2 Å². The molecule has 0 unspecified atom stereocenters. The van der Waals surface area contributed by atoms with Crippen LogP contribution in [0.4, 0.5) is 0 Å². The van der Waals surface area contributed by atoms with Gasteiger partial charge in [-0.2, -0.15) is 0 Å². The van der Waals surface area contributed by atoms with Crippen LogP contribution in [0.2, 0.25) is 0 Å². The van der Waals surface area contributed by atoms with Crippen LogP contribution in [0.25, 0.3) is 65.7 Å². The highest BCUT2D eigenvalue weighted by atomic mass is 14.4. The van der Waals surface area contributed by atoms with Crippen LogP contribution < -0.4 is 0 Å². The van der Waals surface area contributed by atoms with Gasteiger partial charge in [-0.05, 0) is 206 Å². The molecule has 0 saturated carbocycles.